The SMILES string of the molecule is COc1ccc(OC)c(-c2csc(NC(=O)/C=C/c3cc(OC)c4c(c3)OCCO4)n2)c1. The average Bonchev–Trinajstić information content (AvgIpc) is 3.29. The molecule has 1 amide bonds. The molecule has 0 fully saturated rings. The maximum absolute atomic E-state index is 12.4. The summed E-state index contributed by atoms with van der Waals surface area (Å²) >= 11 is 1.32. The van der Waals surface area contributed by atoms with Crippen LogP contribution in [0.4, 0.5) is 5.13 Å². The number of rotatable bonds is 7. The Hall–Kier alpha value is -3.72. The highest BCUT2D eigenvalue weighted by Crippen LogP contribution is 2.40. The maximum atomic E-state index is 12.4. The molecule has 1 aliphatic rings. The Morgan fingerprint density at radius 3 is 2.66 bits per heavy atom. The number of nitrogens with zero attached hydrogens (tertiary/aromatic N) is 1. The molecule has 4 rings (SSSR count). The molecule has 8 nitrogen and oxygen atoms in total. The molecule has 0 radical (unpaired) electrons. The molecule has 0 unspecified atom stereocenters. The number of fused-ring (bicyclic) bond motifs is 1. The molecule has 1 N–H and O–H groups in total. The van der Waals surface area contributed by atoms with Gasteiger partial charge in [0.15, 0.2) is 16.6 Å². The molecule has 0 aliphatic carbocycles. The molecular weight excluding hydrogens is 432 g/mol. The van der Waals surface area contributed by atoms with Crippen LogP contribution < -0.4 is 29.0 Å². The third-order valence-electron chi connectivity index (χ3n) is 4.69. The van der Waals surface area contributed by atoms with Crippen molar-refractivity contribution in [2.24, 2.45) is 0 Å². The number of anilines is 1. The summed E-state index contributed by atoms with van der Waals surface area (Å²) in [6.07, 6.45) is 3.10. The number of thiazole rings is 1. The molecule has 1 aliphatic heterocycles. The minimum atomic E-state index is -0.308. The molecule has 0 bridgehead atoms. The molecule has 2 heterocycles. The van der Waals surface area contributed by atoms with E-state index < -0.39 is 0 Å². The standard InChI is InChI=1S/C23H22N2O6S/c1-27-15-5-6-18(28-2)16(12-15)17-13-32-23(24-17)25-21(26)7-4-14-10-19(29-3)22-20(11-14)30-8-9-31-22/h4-7,10-13H,8-9H2,1-3H3,(H,24,25,26)/b7-4+. The molecule has 2 aromatic carbocycles. The lowest BCUT2D eigenvalue weighted by Gasteiger charge is -2.20. The van der Waals surface area contributed by atoms with Gasteiger partial charge in [0.25, 0.3) is 0 Å². The quantitative estimate of drug-likeness (QED) is 0.534. The van der Waals surface area contributed by atoms with Crippen molar-refractivity contribution in [1.29, 1.82) is 0 Å². The summed E-state index contributed by atoms with van der Waals surface area (Å²) in [4.78, 5) is 16.9. The van der Waals surface area contributed by atoms with Crippen LogP contribution >= 0.6 is 11.3 Å². The van der Waals surface area contributed by atoms with Crippen LogP contribution in [0.15, 0.2) is 41.8 Å². The van der Waals surface area contributed by atoms with E-state index in [2.05, 4.69) is 10.3 Å². The van der Waals surface area contributed by atoms with Gasteiger partial charge in [0.2, 0.25) is 11.7 Å². The largest absolute Gasteiger partial charge is 0.497 e. The van der Waals surface area contributed by atoms with Gasteiger partial charge in [0.1, 0.15) is 24.7 Å². The fourth-order valence-corrected chi connectivity index (χ4v) is 3.89. The summed E-state index contributed by atoms with van der Waals surface area (Å²) in [6.45, 7) is 0.937. The van der Waals surface area contributed by atoms with Crippen LogP contribution in [0.1, 0.15) is 5.56 Å². The highest BCUT2D eigenvalue weighted by atomic mass is 32.1. The summed E-state index contributed by atoms with van der Waals surface area (Å²) in [5, 5.41) is 5.10. The van der Waals surface area contributed by atoms with Crippen molar-refractivity contribution < 1.29 is 28.5 Å². The molecule has 166 valence electrons. The summed E-state index contributed by atoms with van der Waals surface area (Å²) in [6, 6.07) is 9.06. The van der Waals surface area contributed by atoms with Crippen LogP contribution in [0, 0.1) is 0 Å². The van der Waals surface area contributed by atoms with Crippen molar-refractivity contribution in [3.63, 3.8) is 0 Å². The van der Waals surface area contributed by atoms with Gasteiger partial charge >= 0.3 is 0 Å². The van der Waals surface area contributed by atoms with Gasteiger partial charge in [-0.25, -0.2) is 4.98 Å². The lowest BCUT2D eigenvalue weighted by molar-refractivity contribution is -0.111. The van der Waals surface area contributed by atoms with Gasteiger partial charge in [-0.2, -0.15) is 0 Å². The van der Waals surface area contributed by atoms with Gasteiger partial charge < -0.3 is 23.7 Å². The fraction of sp³-hybridized carbons (Fsp3) is 0.217. The Balaban J connectivity index is 1.48. The Labute approximate surface area is 189 Å². The minimum absolute atomic E-state index is 0.308. The second-order valence-corrected chi connectivity index (χ2v) is 7.53. The maximum Gasteiger partial charge on any atom is 0.250 e. The predicted octanol–water partition coefficient (Wildman–Crippen LogP) is 4.26. The number of hydrogen-bond acceptors (Lipinski definition) is 8. The van der Waals surface area contributed by atoms with E-state index in [4.69, 9.17) is 23.7 Å². The molecule has 1 aromatic heterocycles. The Bertz CT molecular complexity index is 1140. The van der Waals surface area contributed by atoms with E-state index in [1.165, 1.54) is 17.4 Å². The van der Waals surface area contributed by atoms with E-state index in [1.54, 1.807) is 39.5 Å². The van der Waals surface area contributed by atoms with Gasteiger partial charge in [0.05, 0.1) is 27.0 Å². The fourth-order valence-electron chi connectivity index (χ4n) is 3.18. The summed E-state index contributed by atoms with van der Waals surface area (Å²) in [7, 11) is 4.76. The molecule has 32 heavy (non-hydrogen) atoms. The van der Waals surface area contributed by atoms with E-state index in [0.29, 0.717) is 52.8 Å². The lowest BCUT2D eigenvalue weighted by atomic mass is 10.1. The first-order valence-electron chi connectivity index (χ1n) is 9.76. The number of nitrogens with one attached hydrogen (secondary N) is 1. The van der Waals surface area contributed by atoms with Gasteiger partial charge in [-0.05, 0) is 42.0 Å². The third kappa shape index (κ3) is 4.62. The van der Waals surface area contributed by atoms with Crippen LogP contribution in [-0.4, -0.2) is 45.4 Å². The Morgan fingerprint density at radius 2 is 1.88 bits per heavy atom. The van der Waals surface area contributed by atoms with E-state index in [9.17, 15) is 4.79 Å². The number of aromatic nitrogens is 1. The zero-order chi connectivity index (χ0) is 22.5. The number of ether oxygens (including phenoxy) is 5. The molecule has 0 saturated carbocycles. The van der Waals surface area contributed by atoms with Crippen LogP contribution in [-0.2, 0) is 4.79 Å². The minimum Gasteiger partial charge on any atom is -0.497 e. The van der Waals surface area contributed by atoms with Gasteiger partial charge in [-0.1, -0.05) is 0 Å². The molecule has 3 aromatic rings. The number of carbonyl (C=O) groups excluding carboxylic acids is 1. The summed E-state index contributed by atoms with van der Waals surface area (Å²) < 4.78 is 27.3. The smallest absolute Gasteiger partial charge is 0.250 e. The zero-order valence-electron chi connectivity index (χ0n) is 17.8. The van der Waals surface area contributed by atoms with Crippen molar-refractivity contribution in [2.75, 3.05) is 39.9 Å². The zero-order valence-corrected chi connectivity index (χ0v) is 18.7. The van der Waals surface area contributed by atoms with Crippen LogP contribution in [0.2, 0.25) is 0 Å². The normalized spacial score (nSPS) is 12.5. The molecular formula is C23H22N2O6S. The highest BCUT2D eigenvalue weighted by molar-refractivity contribution is 7.14. The first-order valence-corrected chi connectivity index (χ1v) is 10.6. The van der Waals surface area contributed by atoms with Crippen molar-refractivity contribution in [3.8, 4) is 40.0 Å². The van der Waals surface area contributed by atoms with Crippen molar-refractivity contribution in [1.82, 2.24) is 4.98 Å². The second-order valence-electron chi connectivity index (χ2n) is 6.67. The van der Waals surface area contributed by atoms with E-state index in [0.717, 1.165) is 11.1 Å². The Kier molecular flexibility index (Phi) is 6.46. The first kappa shape index (κ1) is 21.5. The monoisotopic (exact) mass is 454 g/mol. The topological polar surface area (TPSA) is 88.1 Å². The van der Waals surface area contributed by atoms with E-state index in [1.807, 2.05) is 23.6 Å². The van der Waals surface area contributed by atoms with Gasteiger partial charge in [0, 0.05) is 17.0 Å². The highest BCUT2D eigenvalue weighted by Gasteiger charge is 2.18. The number of methoxy groups -OCH3 is 3. The number of benzene rings is 2. The van der Waals surface area contributed by atoms with Crippen molar-refractivity contribution >= 4 is 28.5 Å². The summed E-state index contributed by atoms with van der Waals surface area (Å²) in [5.41, 5.74) is 2.21. The molecule has 0 saturated heterocycles. The second kappa shape index (κ2) is 9.61. The van der Waals surface area contributed by atoms with Gasteiger partial charge in [-0.15, -0.1) is 11.3 Å². The number of hydrogen-bond donors (Lipinski definition) is 1. The van der Waals surface area contributed by atoms with Crippen LogP contribution in [0.5, 0.6) is 28.7 Å². The molecule has 9 heteroatoms. The summed E-state index contributed by atoms with van der Waals surface area (Å²) in [5.74, 6) is 2.77. The molecule has 0 atom stereocenters. The number of carbonyl (C=O) groups is 1. The van der Waals surface area contributed by atoms with Gasteiger partial charge in [-0.3, -0.25) is 10.1 Å². The first-order chi connectivity index (χ1) is 15.6. The average molecular weight is 455 g/mol. The number of amides is 1. The van der Waals surface area contributed by atoms with Crippen molar-refractivity contribution in [2.45, 2.75) is 0 Å². The Morgan fingerprint density at radius 1 is 1.06 bits per heavy atom. The predicted molar refractivity (Wildman–Crippen MR) is 122 cm³/mol. The van der Waals surface area contributed by atoms with Crippen LogP contribution in [0.3, 0.4) is 0 Å². The molecule has 0 spiro atoms. The lowest BCUT2D eigenvalue weighted by Crippen LogP contribution is -2.16. The van der Waals surface area contributed by atoms with E-state index >= 15 is 0 Å². The third-order valence-corrected chi connectivity index (χ3v) is 5.45. The van der Waals surface area contributed by atoms with Crippen LogP contribution in [0.25, 0.3) is 17.3 Å². The van der Waals surface area contributed by atoms with E-state index in [-0.39, 0.29) is 5.91 Å². The van der Waals surface area contributed by atoms with Crippen molar-refractivity contribution in [3.05, 3.63) is 47.4 Å².